The van der Waals surface area contributed by atoms with Gasteiger partial charge in [-0.05, 0) is 95.6 Å². The highest BCUT2D eigenvalue weighted by Crippen LogP contribution is 2.36. The number of allylic oxidation sites excluding steroid dienone is 3. The first-order chi connectivity index (χ1) is 19.4. The molecule has 8 nitrogen and oxygen atoms in total. The minimum absolute atomic E-state index is 0.0370. The van der Waals surface area contributed by atoms with E-state index in [0.29, 0.717) is 38.6 Å². The smallest absolute Gasteiger partial charge is 0.329 e. The lowest BCUT2D eigenvalue weighted by Crippen LogP contribution is -2.53. The van der Waals surface area contributed by atoms with Crippen LogP contribution in [0.3, 0.4) is 0 Å². The molecule has 230 valence electrons. The minimum Gasteiger partial charge on any atom is -0.455 e. The molecule has 1 amide bonds. The van der Waals surface area contributed by atoms with Crippen molar-refractivity contribution in [3.63, 3.8) is 0 Å². The number of fused-ring (bicyclic) bond motifs is 3. The molecule has 2 bridgehead atoms. The Labute approximate surface area is 245 Å². The average Bonchev–Trinajstić information content (AvgIpc) is 3.43. The van der Waals surface area contributed by atoms with E-state index in [1.807, 2.05) is 26.8 Å². The molecule has 0 saturated carbocycles. The molecule has 3 heterocycles. The molecule has 0 spiro atoms. The zero-order valence-corrected chi connectivity index (χ0v) is 25.7. The largest absolute Gasteiger partial charge is 0.455 e. The van der Waals surface area contributed by atoms with E-state index in [-0.39, 0.29) is 47.9 Å². The van der Waals surface area contributed by atoms with E-state index >= 15 is 0 Å². The fourth-order valence-electron chi connectivity index (χ4n) is 6.43. The highest BCUT2D eigenvalue weighted by molar-refractivity contribution is 5.96. The number of carbonyl (C=O) groups is 4. The van der Waals surface area contributed by atoms with E-state index < -0.39 is 23.7 Å². The number of carbonyl (C=O) groups excluding carboxylic acids is 4. The summed E-state index contributed by atoms with van der Waals surface area (Å²) in [6, 6.07) is -0.751. The van der Waals surface area contributed by atoms with Crippen LogP contribution in [-0.2, 0) is 28.7 Å². The Morgan fingerprint density at radius 2 is 1.85 bits per heavy atom. The molecule has 3 aliphatic heterocycles. The number of aliphatic hydroxyl groups is 1. The van der Waals surface area contributed by atoms with Gasteiger partial charge in [0.2, 0.25) is 5.91 Å². The third-order valence-electron chi connectivity index (χ3n) is 9.22. The van der Waals surface area contributed by atoms with E-state index in [9.17, 15) is 24.3 Å². The summed E-state index contributed by atoms with van der Waals surface area (Å²) in [6.07, 6.45) is 11.3. The number of esters is 1. The monoisotopic (exact) mass is 573 g/mol. The van der Waals surface area contributed by atoms with Crippen molar-refractivity contribution in [3.05, 3.63) is 23.8 Å². The van der Waals surface area contributed by atoms with Crippen molar-refractivity contribution < 1.29 is 33.8 Å². The summed E-state index contributed by atoms with van der Waals surface area (Å²) in [5.41, 5.74) is -0.538. The number of cyclic esters (lactones) is 1. The third kappa shape index (κ3) is 9.08. The van der Waals surface area contributed by atoms with Gasteiger partial charge >= 0.3 is 5.97 Å². The summed E-state index contributed by atoms with van der Waals surface area (Å²) >= 11 is 0. The second-order valence-electron chi connectivity index (χ2n) is 12.7. The molecule has 6 unspecified atom stereocenters. The first-order valence-electron chi connectivity index (χ1n) is 15.7. The Hall–Kier alpha value is -2.32. The molecule has 0 aromatic carbocycles. The number of piperidine rings is 1. The van der Waals surface area contributed by atoms with Crippen LogP contribution in [0.1, 0.15) is 112 Å². The highest BCUT2D eigenvalue weighted by atomic mass is 16.6. The zero-order chi connectivity index (χ0) is 30.2. The maximum Gasteiger partial charge on any atom is 0.329 e. The van der Waals surface area contributed by atoms with Crippen LogP contribution in [0.2, 0.25) is 0 Å². The van der Waals surface area contributed by atoms with Gasteiger partial charge in [-0.2, -0.15) is 0 Å². The average molecular weight is 574 g/mol. The van der Waals surface area contributed by atoms with Gasteiger partial charge in [0.15, 0.2) is 5.78 Å². The third-order valence-corrected chi connectivity index (χ3v) is 9.22. The van der Waals surface area contributed by atoms with Gasteiger partial charge in [-0.15, -0.1) is 0 Å². The van der Waals surface area contributed by atoms with Gasteiger partial charge in [-0.3, -0.25) is 14.4 Å². The second-order valence-corrected chi connectivity index (χ2v) is 12.7. The summed E-state index contributed by atoms with van der Waals surface area (Å²) in [6.45, 7) is 9.74. The van der Waals surface area contributed by atoms with Crippen LogP contribution in [-0.4, -0.2) is 69.9 Å². The number of ether oxygens (including phenoxy) is 2. The Balaban J connectivity index is 1.88. The number of ketones is 2. The van der Waals surface area contributed by atoms with E-state index in [0.717, 1.165) is 44.1 Å². The quantitative estimate of drug-likeness (QED) is 0.457. The number of nitrogens with zero attached hydrogens (tertiary/aromatic N) is 1. The summed E-state index contributed by atoms with van der Waals surface area (Å²) in [4.78, 5) is 53.5. The maximum atomic E-state index is 13.6. The van der Waals surface area contributed by atoms with Crippen molar-refractivity contribution in [2.75, 3.05) is 6.54 Å². The van der Waals surface area contributed by atoms with Crippen LogP contribution < -0.4 is 0 Å². The fourth-order valence-corrected chi connectivity index (χ4v) is 6.43. The molecular weight excluding hydrogens is 522 g/mol. The van der Waals surface area contributed by atoms with E-state index in [4.69, 9.17) is 9.47 Å². The van der Waals surface area contributed by atoms with Crippen LogP contribution in [0, 0.1) is 11.8 Å². The predicted molar refractivity (Wildman–Crippen MR) is 157 cm³/mol. The molecule has 0 radical (unpaired) electrons. The lowest BCUT2D eigenvalue weighted by molar-refractivity contribution is -0.185. The van der Waals surface area contributed by atoms with Crippen molar-refractivity contribution in [1.82, 2.24) is 4.90 Å². The number of amides is 1. The predicted octanol–water partition coefficient (Wildman–Crippen LogP) is 5.26. The normalized spacial score (nSPS) is 35.9. The van der Waals surface area contributed by atoms with Gasteiger partial charge in [0.25, 0.3) is 0 Å². The van der Waals surface area contributed by atoms with Crippen molar-refractivity contribution in [3.8, 4) is 0 Å². The zero-order valence-electron chi connectivity index (χ0n) is 25.7. The Morgan fingerprint density at radius 3 is 2.59 bits per heavy atom. The number of aliphatic hydroxyl groups excluding tert-OH is 1. The number of hydrogen-bond donors (Lipinski definition) is 1. The van der Waals surface area contributed by atoms with Gasteiger partial charge < -0.3 is 19.5 Å². The molecule has 3 aliphatic rings. The molecule has 1 N–H and O–H groups in total. The molecule has 8 heteroatoms. The number of hydrogen-bond acceptors (Lipinski definition) is 7. The first-order valence-corrected chi connectivity index (χ1v) is 15.7. The molecule has 2 saturated heterocycles. The summed E-state index contributed by atoms with van der Waals surface area (Å²) in [5.74, 6) is -0.944. The molecular formula is C33H51NO7. The van der Waals surface area contributed by atoms with Gasteiger partial charge in [0.1, 0.15) is 23.5 Å². The molecule has 0 aromatic rings. The lowest BCUT2D eigenvalue weighted by Gasteiger charge is -2.40. The minimum atomic E-state index is -1.31. The van der Waals surface area contributed by atoms with Gasteiger partial charge in [-0.25, -0.2) is 4.79 Å². The Kier molecular flexibility index (Phi) is 12.3. The molecule has 41 heavy (non-hydrogen) atoms. The van der Waals surface area contributed by atoms with Crippen molar-refractivity contribution in [2.45, 2.75) is 142 Å². The maximum absolute atomic E-state index is 13.6. The highest BCUT2D eigenvalue weighted by Gasteiger charge is 2.44. The van der Waals surface area contributed by atoms with Crippen LogP contribution in [0.5, 0.6) is 0 Å². The summed E-state index contributed by atoms with van der Waals surface area (Å²) in [5, 5.41) is 11.2. The van der Waals surface area contributed by atoms with Crippen molar-refractivity contribution >= 4 is 23.4 Å². The lowest BCUT2D eigenvalue weighted by atomic mass is 9.82. The SMILES string of the molecule is CCC(=O)CC(O)C1(C)CC(C)C2CCC(CC/C=C(/C)C(=O)C(C)CC/C=C/C(=O)N3CCCC[C@H]3C(=O)O1)O2. The molecule has 7 atom stereocenters. The molecule has 2 fully saturated rings. The molecule has 0 aromatic heterocycles. The van der Waals surface area contributed by atoms with Crippen molar-refractivity contribution in [2.24, 2.45) is 11.8 Å². The first kappa shape index (κ1) is 33.2. The number of rotatable bonds is 4. The number of Topliss-reactive ketones (excluding diaryl/α,β-unsaturated/α-hetero) is 2. The van der Waals surface area contributed by atoms with E-state index in [2.05, 4.69) is 0 Å². The van der Waals surface area contributed by atoms with E-state index in [1.165, 1.54) is 6.08 Å². The van der Waals surface area contributed by atoms with Crippen molar-refractivity contribution in [1.29, 1.82) is 0 Å². The van der Waals surface area contributed by atoms with Gasteiger partial charge in [0, 0.05) is 25.3 Å². The Bertz CT molecular complexity index is 1000. The fraction of sp³-hybridized carbons (Fsp3) is 0.758. The standard InChI is InChI=1S/C33H51NO7/c1-6-25(35)20-29(36)33(5)21-24(4)28-18-17-26(40-28)14-11-13-23(3)31(38)22(2)12-7-8-16-30(37)34-19-10-9-15-27(34)32(39)41-33/h8,13,16,22,24,26-29,36H,6-7,9-12,14-15,17-21H2,1-5H3/b16-8+,23-13-/t22?,24?,26?,27-,28?,29?,33?/m0/s1. The van der Waals surface area contributed by atoms with Crippen LogP contribution in [0.4, 0.5) is 0 Å². The summed E-state index contributed by atoms with van der Waals surface area (Å²) in [7, 11) is 0. The van der Waals surface area contributed by atoms with Crippen LogP contribution >= 0.6 is 0 Å². The van der Waals surface area contributed by atoms with Gasteiger partial charge in [0.05, 0.1) is 12.2 Å². The Morgan fingerprint density at radius 1 is 1.10 bits per heavy atom. The second kappa shape index (κ2) is 15.2. The van der Waals surface area contributed by atoms with Crippen LogP contribution in [0.15, 0.2) is 23.8 Å². The van der Waals surface area contributed by atoms with Crippen LogP contribution in [0.25, 0.3) is 0 Å². The molecule has 3 rings (SSSR count). The molecule has 0 aliphatic carbocycles. The van der Waals surface area contributed by atoms with Gasteiger partial charge in [-0.1, -0.05) is 32.9 Å². The summed E-state index contributed by atoms with van der Waals surface area (Å²) < 4.78 is 12.5. The van der Waals surface area contributed by atoms with E-state index in [1.54, 1.807) is 24.8 Å². The topological polar surface area (TPSA) is 110 Å².